The Morgan fingerprint density at radius 2 is 2.21 bits per heavy atom. The summed E-state index contributed by atoms with van der Waals surface area (Å²) in [7, 11) is 3.01. The third kappa shape index (κ3) is 1.89. The van der Waals surface area contributed by atoms with Gasteiger partial charge < -0.3 is 18.9 Å². The topological polar surface area (TPSA) is 57.3 Å². The Hall–Kier alpha value is -1.59. The summed E-state index contributed by atoms with van der Waals surface area (Å²) >= 11 is 0. The van der Waals surface area contributed by atoms with Crippen LogP contribution in [0.2, 0.25) is 0 Å². The quantitative estimate of drug-likeness (QED) is 0.614. The van der Waals surface area contributed by atoms with Gasteiger partial charge in [0.05, 0.1) is 19.3 Å². The van der Waals surface area contributed by atoms with Gasteiger partial charge in [0.25, 0.3) is 0 Å². The van der Waals surface area contributed by atoms with Crippen LogP contribution < -0.4 is 4.74 Å². The molecule has 19 heavy (non-hydrogen) atoms. The van der Waals surface area contributed by atoms with E-state index >= 15 is 0 Å². The number of carbonyl (C=O) groups is 1. The molecule has 0 N–H and O–H groups in total. The van der Waals surface area contributed by atoms with Crippen LogP contribution in [0.5, 0.6) is 5.75 Å². The Balaban J connectivity index is 1.94. The van der Waals surface area contributed by atoms with E-state index in [1.807, 2.05) is 6.92 Å². The average Bonchev–Trinajstić information content (AvgIpc) is 3.19. The molecule has 2 heterocycles. The number of carbonyl (C=O) groups excluding carboxylic acids is 1. The van der Waals surface area contributed by atoms with Gasteiger partial charge in [-0.15, -0.1) is 0 Å². The highest BCUT2D eigenvalue weighted by Gasteiger charge is 2.59. The lowest BCUT2D eigenvalue weighted by molar-refractivity contribution is -0.0177. The minimum atomic E-state index is -0.473. The molecule has 0 saturated carbocycles. The molecule has 3 unspecified atom stereocenters. The Morgan fingerprint density at radius 1 is 1.42 bits per heavy atom. The average molecular weight is 264 g/mol. The number of hydrogen-bond donors (Lipinski definition) is 0. The second kappa shape index (κ2) is 4.21. The third-order valence-corrected chi connectivity index (χ3v) is 3.60. The predicted octanol–water partition coefficient (Wildman–Crippen LogP) is 1.71. The van der Waals surface area contributed by atoms with Crippen LogP contribution in [0.3, 0.4) is 0 Å². The van der Waals surface area contributed by atoms with Crippen LogP contribution in [0.1, 0.15) is 28.9 Å². The molecule has 1 saturated heterocycles. The highest BCUT2D eigenvalue weighted by Crippen LogP contribution is 2.53. The van der Waals surface area contributed by atoms with Crippen LogP contribution in [-0.4, -0.2) is 38.5 Å². The molecule has 0 aliphatic carbocycles. The van der Waals surface area contributed by atoms with Gasteiger partial charge in [0, 0.05) is 12.7 Å². The Labute approximate surface area is 111 Å². The van der Waals surface area contributed by atoms with Gasteiger partial charge in [-0.1, -0.05) is 0 Å². The fraction of sp³-hybridized carbons (Fsp3) is 0.500. The SMILES string of the molecule is COCC1(C)Oc2ccc(C(=O)OC)cc2C2OC21. The standard InChI is InChI=1S/C14H16O5/c1-14(7-16-2)12-11(18-12)9-6-8(13(15)17-3)4-5-10(9)19-14/h4-6,11-12H,7H2,1-3H3. The van der Waals surface area contributed by atoms with Gasteiger partial charge >= 0.3 is 5.97 Å². The second-order valence-corrected chi connectivity index (χ2v) is 5.07. The molecule has 1 aromatic rings. The first-order chi connectivity index (χ1) is 9.09. The van der Waals surface area contributed by atoms with Crippen molar-refractivity contribution in [2.24, 2.45) is 0 Å². The summed E-state index contributed by atoms with van der Waals surface area (Å²) in [5, 5.41) is 0. The zero-order valence-electron chi connectivity index (χ0n) is 11.1. The number of methoxy groups -OCH3 is 2. The van der Waals surface area contributed by atoms with Crippen molar-refractivity contribution in [3.63, 3.8) is 0 Å². The van der Waals surface area contributed by atoms with E-state index in [2.05, 4.69) is 0 Å². The molecule has 1 aromatic carbocycles. The largest absolute Gasteiger partial charge is 0.482 e. The van der Waals surface area contributed by atoms with Crippen molar-refractivity contribution in [2.45, 2.75) is 24.7 Å². The van der Waals surface area contributed by atoms with Gasteiger partial charge in [0.1, 0.15) is 18.0 Å². The summed E-state index contributed by atoms with van der Waals surface area (Å²) in [4.78, 5) is 11.5. The number of hydrogen-bond acceptors (Lipinski definition) is 5. The second-order valence-electron chi connectivity index (χ2n) is 5.07. The Bertz CT molecular complexity index is 527. The summed E-state index contributed by atoms with van der Waals surface area (Å²) in [6.45, 7) is 2.44. The molecule has 3 atom stereocenters. The molecule has 0 aromatic heterocycles. The molecule has 5 nitrogen and oxygen atoms in total. The predicted molar refractivity (Wildman–Crippen MR) is 66.3 cm³/mol. The van der Waals surface area contributed by atoms with E-state index in [0.717, 1.165) is 11.3 Å². The smallest absolute Gasteiger partial charge is 0.337 e. The molecule has 102 valence electrons. The number of fused-ring (bicyclic) bond motifs is 3. The molecule has 0 spiro atoms. The Kier molecular flexibility index (Phi) is 2.76. The van der Waals surface area contributed by atoms with Crippen LogP contribution in [0.25, 0.3) is 0 Å². The molecule has 5 heteroatoms. The van der Waals surface area contributed by atoms with E-state index in [1.54, 1.807) is 25.3 Å². The first kappa shape index (κ1) is 12.4. The lowest BCUT2D eigenvalue weighted by Crippen LogP contribution is -2.45. The van der Waals surface area contributed by atoms with Crippen molar-refractivity contribution in [3.05, 3.63) is 29.3 Å². The van der Waals surface area contributed by atoms with Crippen molar-refractivity contribution >= 4 is 5.97 Å². The third-order valence-electron chi connectivity index (χ3n) is 3.60. The molecule has 2 aliphatic heterocycles. The van der Waals surface area contributed by atoms with E-state index in [-0.39, 0.29) is 18.2 Å². The van der Waals surface area contributed by atoms with Crippen molar-refractivity contribution in [1.29, 1.82) is 0 Å². The lowest BCUT2D eigenvalue weighted by atomic mass is 9.92. The van der Waals surface area contributed by atoms with Gasteiger partial charge in [0.15, 0.2) is 5.60 Å². The molecular weight excluding hydrogens is 248 g/mol. The normalized spacial score (nSPS) is 30.9. The van der Waals surface area contributed by atoms with E-state index in [9.17, 15) is 4.79 Å². The minimum absolute atomic E-state index is 0.0199. The number of esters is 1. The maximum Gasteiger partial charge on any atom is 0.337 e. The minimum Gasteiger partial charge on any atom is -0.482 e. The number of epoxide rings is 1. The van der Waals surface area contributed by atoms with E-state index < -0.39 is 5.60 Å². The molecule has 0 amide bonds. The number of ether oxygens (including phenoxy) is 4. The van der Waals surface area contributed by atoms with Gasteiger partial charge in [0.2, 0.25) is 0 Å². The van der Waals surface area contributed by atoms with Crippen LogP contribution in [0.15, 0.2) is 18.2 Å². The summed E-state index contributed by atoms with van der Waals surface area (Å²) in [5.74, 6) is 0.385. The fourth-order valence-corrected chi connectivity index (χ4v) is 2.63. The summed E-state index contributed by atoms with van der Waals surface area (Å²) < 4.78 is 21.6. The fourth-order valence-electron chi connectivity index (χ4n) is 2.63. The van der Waals surface area contributed by atoms with Crippen molar-refractivity contribution < 1.29 is 23.7 Å². The summed E-state index contributed by atoms with van der Waals surface area (Å²) in [6, 6.07) is 5.26. The molecule has 0 bridgehead atoms. The molecule has 3 rings (SSSR count). The maximum absolute atomic E-state index is 11.5. The molecule has 2 aliphatic rings. The zero-order valence-corrected chi connectivity index (χ0v) is 11.1. The van der Waals surface area contributed by atoms with Crippen molar-refractivity contribution in [3.8, 4) is 5.75 Å². The van der Waals surface area contributed by atoms with Gasteiger partial charge in [-0.25, -0.2) is 4.79 Å². The Morgan fingerprint density at radius 3 is 2.89 bits per heavy atom. The molecule has 0 radical (unpaired) electrons. The lowest BCUT2D eigenvalue weighted by Gasteiger charge is -2.32. The van der Waals surface area contributed by atoms with Crippen LogP contribution >= 0.6 is 0 Å². The first-order valence-corrected chi connectivity index (χ1v) is 6.15. The highest BCUT2D eigenvalue weighted by atomic mass is 16.6. The summed E-state index contributed by atoms with van der Waals surface area (Å²) in [6.07, 6.45) is -0.0404. The van der Waals surface area contributed by atoms with Gasteiger partial charge in [-0.3, -0.25) is 0 Å². The maximum atomic E-state index is 11.5. The van der Waals surface area contributed by atoms with Crippen LogP contribution in [0, 0.1) is 0 Å². The van der Waals surface area contributed by atoms with Crippen LogP contribution in [0.4, 0.5) is 0 Å². The van der Waals surface area contributed by atoms with E-state index in [4.69, 9.17) is 18.9 Å². The van der Waals surface area contributed by atoms with Crippen molar-refractivity contribution in [1.82, 2.24) is 0 Å². The van der Waals surface area contributed by atoms with E-state index in [1.165, 1.54) is 7.11 Å². The van der Waals surface area contributed by atoms with E-state index in [0.29, 0.717) is 12.2 Å². The molecule has 1 fully saturated rings. The molecular formula is C14H16O5. The van der Waals surface area contributed by atoms with Gasteiger partial charge in [-0.2, -0.15) is 0 Å². The number of benzene rings is 1. The van der Waals surface area contributed by atoms with Gasteiger partial charge in [-0.05, 0) is 25.1 Å². The van der Waals surface area contributed by atoms with Crippen LogP contribution in [-0.2, 0) is 14.2 Å². The van der Waals surface area contributed by atoms with Crippen molar-refractivity contribution in [2.75, 3.05) is 20.8 Å². The first-order valence-electron chi connectivity index (χ1n) is 6.15. The monoisotopic (exact) mass is 264 g/mol. The summed E-state index contributed by atoms with van der Waals surface area (Å²) in [5.41, 5.74) is 0.940. The highest BCUT2D eigenvalue weighted by molar-refractivity contribution is 5.89. The number of rotatable bonds is 3. The zero-order chi connectivity index (χ0) is 13.6.